The van der Waals surface area contributed by atoms with Crippen LogP contribution in [0.25, 0.3) is 0 Å². The molecule has 0 heterocycles. The third-order valence-corrected chi connectivity index (χ3v) is 3.75. The molecule has 0 aliphatic heterocycles. The SMILES string of the molecule is CNc1ccccc1O.O=CCCCSc1ccccc1. The molecule has 112 valence electrons. The number of phenolic OH excluding ortho intramolecular Hbond substituents is 1. The Kier molecular flexibility index (Phi) is 8.80. The average Bonchev–Trinajstić information content (AvgIpc) is 2.54. The van der Waals surface area contributed by atoms with Gasteiger partial charge < -0.3 is 15.2 Å². The van der Waals surface area contributed by atoms with Gasteiger partial charge >= 0.3 is 0 Å². The highest BCUT2D eigenvalue weighted by atomic mass is 32.2. The molecule has 0 saturated carbocycles. The number of carbonyl (C=O) groups is 1. The van der Waals surface area contributed by atoms with Gasteiger partial charge in [-0.3, -0.25) is 0 Å². The Morgan fingerprint density at radius 1 is 1.10 bits per heavy atom. The molecule has 0 radical (unpaired) electrons. The van der Waals surface area contributed by atoms with Crippen molar-refractivity contribution in [1.82, 2.24) is 0 Å². The lowest BCUT2D eigenvalue weighted by molar-refractivity contribution is -0.107. The van der Waals surface area contributed by atoms with Crippen LogP contribution in [0, 0.1) is 0 Å². The van der Waals surface area contributed by atoms with Crippen molar-refractivity contribution in [3.63, 3.8) is 0 Å². The normalized spacial score (nSPS) is 9.38. The van der Waals surface area contributed by atoms with Gasteiger partial charge in [-0.25, -0.2) is 0 Å². The van der Waals surface area contributed by atoms with Crippen LogP contribution in [0.3, 0.4) is 0 Å². The Hall–Kier alpha value is -1.94. The van der Waals surface area contributed by atoms with E-state index in [1.807, 2.05) is 30.3 Å². The first-order valence-corrected chi connectivity index (χ1v) is 7.83. The fourth-order valence-electron chi connectivity index (χ4n) is 1.56. The molecular weight excluding hydrogens is 282 g/mol. The zero-order valence-corrected chi connectivity index (χ0v) is 13.0. The van der Waals surface area contributed by atoms with E-state index in [0.717, 1.165) is 24.1 Å². The van der Waals surface area contributed by atoms with Crippen molar-refractivity contribution >= 4 is 23.7 Å². The van der Waals surface area contributed by atoms with E-state index in [2.05, 4.69) is 17.4 Å². The predicted molar refractivity (Wildman–Crippen MR) is 90.1 cm³/mol. The number of unbranched alkanes of at least 4 members (excludes halogenated alkanes) is 1. The van der Waals surface area contributed by atoms with Crippen molar-refractivity contribution in [3.8, 4) is 5.75 Å². The number of nitrogens with one attached hydrogen (secondary N) is 1. The monoisotopic (exact) mass is 303 g/mol. The van der Waals surface area contributed by atoms with E-state index < -0.39 is 0 Å². The molecule has 0 atom stereocenters. The number of benzene rings is 2. The van der Waals surface area contributed by atoms with E-state index in [9.17, 15) is 4.79 Å². The summed E-state index contributed by atoms with van der Waals surface area (Å²) in [6.45, 7) is 0. The second-order valence-electron chi connectivity index (χ2n) is 4.24. The van der Waals surface area contributed by atoms with E-state index >= 15 is 0 Å². The summed E-state index contributed by atoms with van der Waals surface area (Å²) in [4.78, 5) is 11.3. The zero-order valence-electron chi connectivity index (χ0n) is 12.2. The summed E-state index contributed by atoms with van der Waals surface area (Å²) in [7, 11) is 1.77. The maximum Gasteiger partial charge on any atom is 0.138 e. The fraction of sp³-hybridized carbons (Fsp3) is 0.235. The Bertz CT molecular complexity index is 517. The maximum atomic E-state index is 10.0. The van der Waals surface area contributed by atoms with Gasteiger partial charge in [0.05, 0.1) is 5.69 Å². The van der Waals surface area contributed by atoms with Crippen LogP contribution in [0.4, 0.5) is 5.69 Å². The zero-order chi connectivity index (χ0) is 15.3. The summed E-state index contributed by atoms with van der Waals surface area (Å²) in [6, 6.07) is 17.4. The van der Waals surface area contributed by atoms with Gasteiger partial charge in [-0.2, -0.15) is 0 Å². The average molecular weight is 303 g/mol. The number of anilines is 1. The van der Waals surface area contributed by atoms with Crippen molar-refractivity contribution in [1.29, 1.82) is 0 Å². The first-order valence-electron chi connectivity index (χ1n) is 6.85. The number of thioether (sulfide) groups is 1. The van der Waals surface area contributed by atoms with Crippen LogP contribution < -0.4 is 5.32 Å². The van der Waals surface area contributed by atoms with Gasteiger partial charge in [0.25, 0.3) is 0 Å². The molecule has 4 heteroatoms. The summed E-state index contributed by atoms with van der Waals surface area (Å²) in [5.74, 6) is 1.32. The molecule has 2 rings (SSSR count). The first kappa shape index (κ1) is 17.1. The molecule has 3 nitrogen and oxygen atoms in total. The number of carbonyl (C=O) groups excluding carboxylic acids is 1. The van der Waals surface area contributed by atoms with E-state index in [1.165, 1.54) is 4.90 Å². The molecule has 0 aromatic heterocycles. The van der Waals surface area contributed by atoms with Crippen LogP contribution >= 0.6 is 11.8 Å². The maximum absolute atomic E-state index is 10.0. The lowest BCUT2D eigenvalue weighted by Gasteiger charge is -1.99. The molecule has 0 unspecified atom stereocenters. The highest BCUT2D eigenvalue weighted by Gasteiger charge is 1.92. The molecule has 0 bridgehead atoms. The Morgan fingerprint density at radius 3 is 2.33 bits per heavy atom. The third-order valence-electron chi connectivity index (χ3n) is 2.65. The van der Waals surface area contributed by atoms with Crippen LogP contribution in [0.2, 0.25) is 0 Å². The first-order chi connectivity index (χ1) is 10.3. The molecule has 0 aliphatic carbocycles. The number of hydrogen-bond donors (Lipinski definition) is 2. The summed E-state index contributed by atoms with van der Waals surface area (Å²) >= 11 is 1.80. The summed E-state index contributed by atoms with van der Waals surface area (Å²) < 4.78 is 0. The van der Waals surface area contributed by atoms with Crippen LogP contribution in [-0.2, 0) is 4.79 Å². The molecule has 2 aromatic carbocycles. The molecule has 2 aromatic rings. The summed E-state index contributed by atoms with van der Waals surface area (Å²) in [6.07, 6.45) is 2.63. The number of hydrogen-bond acceptors (Lipinski definition) is 4. The van der Waals surface area contributed by atoms with Gasteiger partial charge in [0.15, 0.2) is 0 Å². The minimum Gasteiger partial charge on any atom is -0.506 e. The largest absolute Gasteiger partial charge is 0.506 e. The van der Waals surface area contributed by atoms with Crippen LogP contribution in [0.15, 0.2) is 59.5 Å². The molecule has 2 N–H and O–H groups in total. The number of aldehydes is 1. The lowest BCUT2D eigenvalue weighted by atomic mass is 10.3. The van der Waals surface area contributed by atoms with Crippen molar-refractivity contribution < 1.29 is 9.90 Å². The van der Waals surface area contributed by atoms with E-state index in [4.69, 9.17) is 5.11 Å². The van der Waals surface area contributed by atoms with Crippen LogP contribution in [-0.4, -0.2) is 24.2 Å². The predicted octanol–water partition coefficient (Wildman–Crippen LogP) is 4.19. The van der Waals surface area contributed by atoms with E-state index in [0.29, 0.717) is 12.2 Å². The standard InChI is InChI=1S/C10H12OS.C7H9NO/c11-8-4-5-9-12-10-6-2-1-3-7-10;1-8-6-4-2-3-5-7(6)9/h1-3,6-8H,4-5,9H2;2-5,8-9H,1H3. The highest BCUT2D eigenvalue weighted by Crippen LogP contribution is 2.20. The van der Waals surface area contributed by atoms with Crippen LogP contribution in [0.5, 0.6) is 5.75 Å². The Morgan fingerprint density at radius 2 is 1.76 bits per heavy atom. The van der Waals surface area contributed by atoms with Gasteiger partial charge in [0.2, 0.25) is 0 Å². The lowest BCUT2D eigenvalue weighted by Crippen LogP contribution is -1.86. The van der Waals surface area contributed by atoms with Crippen molar-refractivity contribution in [2.45, 2.75) is 17.7 Å². The smallest absolute Gasteiger partial charge is 0.138 e. The Labute approximate surface area is 130 Å². The van der Waals surface area contributed by atoms with Gasteiger partial charge in [0, 0.05) is 18.4 Å². The summed E-state index contributed by atoms with van der Waals surface area (Å²) in [5.41, 5.74) is 0.762. The number of rotatable bonds is 6. The molecule has 0 spiro atoms. The topological polar surface area (TPSA) is 49.3 Å². The molecule has 0 fully saturated rings. The van der Waals surface area contributed by atoms with Crippen molar-refractivity contribution in [2.75, 3.05) is 18.1 Å². The van der Waals surface area contributed by atoms with Crippen molar-refractivity contribution in [3.05, 3.63) is 54.6 Å². The van der Waals surface area contributed by atoms with E-state index in [-0.39, 0.29) is 0 Å². The second kappa shape index (κ2) is 10.8. The molecule has 0 saturated heterocycles. The van der Waals surface area contributed by atoms with Gasteiger partial charge in [-0.05, 0) is 36.4 Å². The highest BCUT2D eigenvalue weighted by molar-refractivity contribution is 7.99. The summed E-state index contributed by atoms with van der Waals surface area (Å²) in [5, 5.41) is 11.9. The van der Waals surface area contributed by atoms with Gasteiger partial charge in [-0.1, -0.05) is 30.3 Å². The Balaban J connectivity index is 0.000000219. The van der Waals surface area contributed by atoms with Gasteiger partial charge in [-0.15, -0.1) is 11.8 Å². The molecular formula is C17H21NO2S. The van der Waals surface area contributed by atoms with E-state index in [1.54, 1.807) is 30.9 Å². The number of para-hydroxylation sites is 2. The number of aromatic hydroxyl groups is 1. The second-order valence-corrected chi connectivity index (χ2v) is 5.41. The minimum absolute atomic E-state index is 0.292. The molecule has 21 heavy (non-hydrogen) atoms. The molecule has 0 amide bonds. The molecule has 0 aliphatic rings. The minimum atomic E-state index is 0.292. The third kappa shape index (κ3) is 7.42. The quantitative estimate of drug-likeness (QED) is 0.363. The van der Waals surface area contributed by atoms with Gasteiger partial charge in [0.1, 0.15) is 12.0 Å². The fourth-order valence-corrected chi connectivity index (χ4v) is 2.45. The van der Waals surface area contributed by atoms with Crippen molar-refractivity contribution in [2.24, 2.45) is 0 Å². The number of phenols is 1. The van der Waals surface area contributed by atoms with Crippen LogP contribution in [0.1, 0.15) is 12.8 Å².